The minimum atomic E-state index is -2.41. The molecule has 1 heterocycles. The Morgan fingerprint density at radius 2 is 1.71 bits per heavy atom. The Hall–Kier alpha value is -2.21. The van der Waals surface area contributed by atoms with Gasteiger partial charge in [-0.05, 0) is 30.3 Å². The summed E-state index contributed by atoms with van der Waals surface area (Å²) in [5, 5.41) is 9.31. The number of nitrogens with one attached hydrogen (secondary N) is 1. The Kier molecular flexibility index (Phi) is 3.96. The van der Waals surface area contributed by atoms with Crippen LogP contribution in [0, 0.1) is 0 Å². The number of azo groups is 1. The highest BCUT2D eigenvalue weighted by Crippen LogP contribution is 2.29. The van der Waals surface area contributed by atoms with Crippen molar-refractivity contribution < 1.29 is 8.78 Å². The lowest BCUT2D eigenvalue weighted by molar-refractivity contribution is 0.252. The molecule has 0 aliphatic carbocycles. The fourth-order valence-corrected chi connectivity index (χ4v) is 2.44. The molecule has 1 N–H and O–H groups in total. The zero-order valence-corrected chi connectivity index (χ0v) is 11.6. The molecule has 0 bridgehead atoms. The Labute approximate surface area is 124 Å². The predicted molar refractivity (Wildman–Crippen MR) is 80.8 cm³/mol. The van der Waals surface area contributed by atoms with Crippen LogP contribution in [0.5, 0.6) is 0 Å². The van der Waals surface area contributed by atoms with Crippen LogP contribution in [0.2, 0.25) is 0 Å². The minimum absolute atomic E-state index is 0.510. The molecule has 0 aliphatic rings. The van der Waals surface area contributed by atoms with Gasteiger partial charge in [0, 0.05) is 22.0 Å². The van der Waals surface area contributed by atoms with Gasteiger partial charge in [-0.2, -0.15) is 13.9 Å². The molecule has 106 valence electrons. The number of aromatic amines is 1. The van der Waals surface area contributed by atoms with E-state index in [1.807, 2.05) is 24.3 Å². The van der Waals surface area contributed by atoms with Crippen molar-refractivity contribution in [2.75, 3.05) is 0 Å². The second-order valence-electron chi connectivity index (χ2n) is 4.29. The molecular weight excluding hydrogens is 292 g/mol. The van der Waals surface area contributed by atoms with Gasteiger partial charge in [0.2, 0.25) is 0 Å². The molecular formula is C15H11F2N3S. The number of halogens is 2. The zero-order chi connectivity index (χ0) is 14.7. The van der Waals surface area contributed by atoms with Crippen LogP contribution in [-0.2, 0) is 0 Å². The van der Waals surface area contributed by atoms with Crippen molar-refractivity contribution in [2.24, 2.45) is 10.2 Å². The molecule has 2 aromatic carbocycles. The monoisotopic (exact) mass is 303 g/mol. The zero-order valence-electron chi connectivity index (χ0n) is 10.8. The average molecular weight is 303 g/mol. The van der Waals surface area contributed by atoms with Crippen LogP contribution in [0.15, 0.2) is 69.9 Å². The molecule has 0 spiro atoms. The highest BCUT2D eigenvalue weighted by Gasteiger charge is 2.05. The first kappa shape index (κ1) is 13.8. The summed E-state index contributed by atoms with van der Waals surface area (Å²) in [5.74, 6) is -2.41. The van der Waals surface area contributed by atoms with E-state index in [0.717, 1.165) is 16.6 Å². The Bertz CT molecular complexity index is 766. The summed E-state index contributed by atoms with van der Waals surface area (Å²) >= 11 is 0.514. The molecule has 6 heteroatoms. The normalized spacial score (nSPS) is 11.8. The van der Waals surface area contributed by atoms with E-state index in [4.69, 9.17) is 0 Å². The van der Waals surface area contributed by atoms with Crippen LogP contribution in [0.3, 0.4) is 0 Å². The van der Waals surface area contributed by atoms with E-state index < -0.39 is 5.76 Å². The van der Waals surface area contributed by atoms with Gasteiger partial charge < -0.3 is 4.98 Å². The first-order valence-corrected chi connectivity index (χ1v) is 7.13. The van der Waals surface area contributed by atoms with E-state index in [2.05, 4.69) is 15.2 Å². The molecule has 1 aromatic heterocycles. The van der Waals surface area contributed by atoms with Crippen LogP contribution >= 0.6 is 11.8 Å². The lowest BCUT2D eigenvalue weighted by Crippen LogP contribution is -1.79. The molecule has 0 fully saturated rings. The van der Waals surface area contributed by atoms with Gasteiger partial charge >= 0.3 is 0 Å². The van der Waals surface area contributed by atoms with Crippen LogP contribution in [0.25, 0.3) is 10.9 Å². The maximum atomic E-state index is 12.2. The number of benzene rings is 2. The number of H-pyrrole nitrogens is 1. The van der Waals surface area contributed by atoms with Crippen LogP contribution in [0.4, 0.5) is 20.2 Å². The maximum absolute atomic E-state index is 12.2. The number of fused-ring (bicyclic) bond motifs is 1. The first-order chi connectivity index (χ1) is 10.2. The Morgan fingerprint density at radius 3 is 2.48 bits per heavy atom. The van der Waals surface area contributed by atoms with Crippen molar-refractivity contribution in [3.8, 4) is 0 Å². The number of thioether (sulfide) groups is 1. The van der Waals surface area contributed by atoms with E-state index >= 15 is 0 Å². The van der Waals surface area contributed by atoms with Crippen molar-refractivity contribution in [3.63, 3.8) is 0 Å². The quantitative estimate of drug-likeness (QED) is 0.473. The summed E-state index contributed by atoms with van der Waals surface area (Å²) in [4.78, 5) is 3.62. The van der Waals surface area contributed by atoms with Gasteiger partial charge in [0.1, 0.15) is 5.69 Å². The maximum Gasteiger partial charge on any atom is 0.288 e. The second kappa shape index (κ2) is 6.05. The molecule has 3 nitrogen and oxygen atoms in total. The fourth-order valence-electron chi connectivity index (χ4n) is 1.94. The van der Waals surface area contributed by atoms with E-state index in [0.29, 0.717) is 22.3 Å². The third-order valence-electron chi connectivity index (χ3n) is 2.90. The standard InChI is InChI=1S/C15H11F2N3S/c16-15(17)21-11-7-5-10(6-8-11)19-20-14-9-18-13-4-2-1-3-12(13)14/h1-9,15,18H. The highest BCUT2D eigenvalue weighted by molar-refractivity contribution is 7.99. The lowest BCUT2D eigenvalue weighted by atomic mass is 10.2. The van der Waals surface area contributed by atoms with Gasteiger partial charge in [0.15, 0.2) is 0 Å². The fraction of sp³-hybridized carbons (Fsp3) is 0.0667. The third-order valence-corrected chi connectivity index (χ3v) is 3.63. The first-order valence-electron chi connectivity index (χ1n) is 6.25. The van der Waals surface area contributed by atoms with E-state index in [1.165, 1.54) is 0 Å². The molecule has 0 saturated heterocycles. The largest absolute Gasteiger partial charge is 0.359 e. The lowest BCUT2D eigenvalue weighted by Gasteiger charge is -1.99. The number of para-hydroxylation sites is 1. The molecule has 3 aromatic rings. The summed E-state index contributed by atoms with van der Waals surface area (Å²) < 4.78 is 24.4. The van der Waals surface area contributed by atoms with Crippen molar-refractivity contribution in [1.29, 1.82) is 0 Å². The van der Waals surface area contributed by atoms with E-state index in [1.54, 1.807) is 30.5 Å². The smallest absolute Gasteiger partial charge is 0.288 e. The molecule has 21 heavy (non-hydrogen) atoms. The van der Waals surface area contributed by atoms with E-state index in [-0.39, 0.29) is 0 Å². The highest BCUT2D eigenvalue weighted by atomic mass is 32.2. The molecule has 0 saturated carbocycles. The second-order valence-corrected chi connectivity index (χ2v) is 5.36. The Morgan fingerprint density at radius 1 is 0.952 bits per heavy atom. The van der Waals surface area contributed by atoms with Gasteiger partial charge in [-0.25, -0.2) is 0 Å². The number of rotatable bonds is 4. The van der Waals surface area contributed by atoms with Crippen molar-refractivity contribution in [3.05, 3.63) is 54.7 Å². The van der Waals surface area contributed by atoms with Crippen LogP contribution in [0.1, 0.15) is 0 Å². The van der Waals surface area contributed by atoms with Gasteiger partial charge in [-0.3, -0.25) is 0 Å². The summed E-state index contributed by atoms with van der Waals surface area (Å²) in [5.41, 5.74) is 2.37. The molecule has 0 aliphatic heterocycles. The summed E-state index contributed by atoms with van der Waals surface area (Å²) in [6, 6.07) is 14.4. The number of alkyl halides is 2. The van der Waals surface area contributed by atoms with Crippen LogP contribution < -0.4 is 0 Å². The summed E-state index contributed by atoms with van der Waals surface area (Å²) in [6.07, 6.45) is 1.79. The number of nitrogens with zero attached hydrogens (tertiary/aromatic N) is 2. The predicted octanol–water partition coefficient (Wildman–Crippen LogP) is 5.90. The van der Waals surface area contributed by atoms with E-state index in [9.17, 15) is 8.78 Å². The SMILES string of the molecule is FC(F)Sc1ccc(N=Nc2c[nH]c3ccccc23)cc1. The molecule has 3 rings (SSSR count). The van der Waals surface area contributed by atoms with Gasteiger partial charge in [0.25, 0.3) is 5.76 Å². The molecule has 0 radical (unpaired) electrons. The summed E-state index contributed by atoms with van der Waals surface area (Å²) in [6.45, 7) is 0. The van der Waals surface area contributed by atoms with Gasteiger partial charge in [0.05, 0.1) is 5.69 Å². The van der Waals surface area contributed by atoms with Crippen molar-refractivity contribution >= 4 is 34.0 Å². The minimum Gasteiger partial charge on any atom is -0.359 e. The molecule has 0 amide bonds. The number of hydrogen-bond donors (Lipinski definition) is 1. The van der Waals surface area contributed by atoms with Crippen molar-refractivity contribution in [2.45, 2.75) is 10.7 Å². The third kappa shape index (κ3) is 3.28. The summed E-state index contributed by atoms with van der Waals surface area (Å²) in [7, 11) is 0. The average Bonchev–Trinajstić information content (AvgIpc) is 2.89. The van der Waals surface area contributed by atoms with Crippen LogP contribution in [-0.4, -0.2) is 10.7 Å². The topological polar surface area (TPSA) is 40.5 Å². The number of hydrogen-bond acceptors (Lipinski definition) is 3. The van der Waals surface area contributed by atoms with Gasteiger partial charge in [-0.1, -0.05) is 30.0 Å². The molecule has 0 unspecified atom stereocenters. The number of aromatic nitrogens is 1. The molecule has 0 atom stereocenters. The Balaban J connectivity index is 1.79. The van der Waals surface area contributed by atoms with Crippen molar-refractivity contribution in [1.82, 2.24) is 4.98 Å². The van der Waals surface area contributed by atoms with Gasteiger partial charge in [-0.15, -0.1) is 5.11 Å².